The molecule has 1 aromatic rings. The molecule has 0 aromatic heterocycles. The lowest BCUT2D eigenvalue weighted by Gasteiger charge is -2.22. The molecule has 2 aliphatic heterocycles. The van der Waals surface area contributed by atoms with E-state index in [1.54, 1.807) is 6.92 Å². The SMILES string of the molecule is C=C(CCCCCCCC)C(=O)N(C(=O)NCCC)S(=O)(=O)c1cc2c(Cl)c3c1OP(=O)(O2)O3. The average Bonchev–Trinajstić information content (AvgIpc) is 2.99. The van der Waals surface area contributed by atoms with Crippen molar-refractivity contribution in [3.8, 4) is 17.2 Å². The number of rotatable bonds is 12. The fourth-order valence-corrected chi connectivity index (χ4v) is 6.62. The predicted molar refractivity (Wildman–Crippen MR) is 126 cm³/mol. The first kappa shape index (κ1) is 26.4. The molecule has 0 aliphatic carbocycles. The minimum atomic E-state index is -4.84. The number of halogens is 1. The van der Waals surface area contributed by atoms with Crippen molar-refractivity contribution in [2.24, 2.45) is 0 Å². The maximum absolute atomic E-state index is 13.6. The zero-order valence-corrected chi connectivity index (χ0v) is 21.6. The van der Waals surface area contributed by atoms with Crippen LogP contribution in [0.5, 0.6) is 17.2 Å². The maximum atomic E-state index is 13.6. The van der Waals surface area contributed by atoms with Crippen molar-refractivity contribution in [3.63, 3.8) is 0 Å². The number of sulfonamides is 1. The van der Waals surface area contributed by atoms with Crippen LogP contribution < -0.4 is 18.9 Å². The molecule has 10 nitrogen and oxygen atoms in total. The van der Waals surface area contributed by atoms with Crippen LogP contribution in [0.4, 0.5) is 4.79 Å². The van der Waals surface area contributed by atoms with Gasteiger partial charge in [0.15, 0.2) is 17.2 Å². The summed E-state index contributed by atoms with van der Waals surface area (Å²) in [5.41, 5.74) is -0.0227. The number of imide groups is 1. The van der Waals surface area contributed by atoms with E-state index in [0.717, 1.165) is 38.2 Å². The fourth-order valence-electron chi connectivity index (χ4n) is 3.48. The second kappa shape index (κ2) is 10.6. The van der Waals surface area contributed by atoms with Crippen molar-refractivity contribution in [2.45, 2.75) is 70.1 Å². The van der Waals surface area contributed by atoms with Crippen LogP contribution in [0.1, 0.15) is 65.2 Å². The Morgan fingerprint density at radius 1 is 1.06 bits per heavy atom. The van der Waals surface area contributed by atoms with E-state index in [1.807, 2.05) is 0 Å². The molecule has 3 bridgehead atoms. The highest BCUT2D eigenvalue weighted by Crippen LogP contribution is 2.69. The Balaban J connectivity index is 1.88. The number of phosphoric ester groups is 1. The first-order valence-electron chi connectivity index (χ1n) is 11.2. The fraction of sp³-hybridized carbons (Fsp3) is 0.524. The van der Waals surface area contributed by atoms with E-state index in [-0.39, 0.29) is 39.4 Å². The summed E-state index contributed by atoms with van der Waals surface area (Å²) >= 11 is 6.07. The Hall–Kier alpha value is -2.23. The number of hydrogen-bond donors (Lipinski definition) is 1. The number of fused-ring (bicyclic) bond motifs is 2. The summed E-state index contributed by atoms with van der Waals surface area (Å²) in [5.74, 6) is -2.06. The number of urea groups is 1. The molecule has 0 radical (unpaired) electrons. The Bertz CT molecular complexity index is 1150. The third-order valence-corrected chi connectivity index (χ3v) is 8.53. The molecule has 2 aliphatic rings. The highest BCUT2D eigenvalue weighted by molar-refractivity contribution is 7.90. The van der Waals surface area contributed by atoms with Crippen molar-refractivity contribution in [3.05, 3.63) is 23.2 Å². The third kappa shape index (κ3) is 5.21. The molecule has 188 valence electrons. The predicted octanol–water partition coefficient (Wildman–Crippen LogP) is 5.56. The summed E-state index contributed by atoms with van der Waals surface area (Å²) in [6, 6.07) is -0.175. The summed E-state index contributed by atoms with van der Waals surface area (Å²) < 4.78 is 54.9. The number of carbonyl (C=O) groups excluding carboxylic acids is 2. The van der Waals surface area contributed by atoms with Gasteiger partial charge >= 0.3 is 13.9 Å². The molecule has 0 saturated heterocycles. The van der Waals surface area contributed by atoms with Crippen LogP contribution in [0, 0.1) is 0 Å². The molecule has 0 spiro atoms. The first-order valence-corrected chi connectivity index (χ1v) is 14.4. The van der Waals surface area contributed by atoms with Gasteiger partial charge in [0.2, 0.25) is 0 Å². The van der Waals surface area contributed by atoms with Crippen molar-refractivity contribution in [1.82, 2.24) is 9.62 Å². The van der Waals surface area contributed by atoms with Crippen LogP contribution in [0.2, 0.25) is 5.02 Å². The van der Waals surface area contributed by atoms with Gasteiger partial charge in [0.25, 0.3) is 15.9 Å². The molecule has 3 rings (SSSR count). The first-order chi connectivity index (χ1) is 16.1. The molecule has 1 atom stereocenters. The van der Waals surface area contributed by atoms with Crippen molar-refractivity contribution >= 4 is 41.4 Å². The number of amides is 3. The van der Waals surface area contributed by atoms with Gasteiger partial charge in [-0.15, -0.1) is 4.31 Å². The number of nitrogens with one attached hydrogen (secondary N) is 1. The van der Waals surface area contributed by atoms with E-state index in [1.165, 1.54) is 0 Å². The summed E-state index contributed by atoms with van der Waals surface area (Å²) in [4.78, 5) is 25.4. The van der Waals surface area contributed by atoms with Gasteiger partial charge < -0.3 is 18.9 Å². The van der Waals surface area contributed by atoms with Gasteiger partial charge in [-0.1, -0.05) is 64.1 Å². The monoisotopic (exact) mass is 534 g/mol. The Kier molecular flexibility index (Phi) is 8.21. The normalized spacial score (nSPS) is 17.5. The minimum Gasteiger partial charge on any atom is -0.384 e. The number of phosphoric acid groups is 1. The summed E-state index contributed by atoms with van der Waals surface area (Å²) in [6.07, 6.45) is 6.54. The second-order valence-electron chi connectivity index (χ2n) is 7.99. The lowest BCUT2D eigenvalue weighted by Crippen LogP contribution is -2.48. The van der Waals surface area contributed by atoms with E-state index < -0.39 is 40.4 Å². The smallest absolute Gasteiger partial charge is 0.384 e. The van der Waals surface area contributed by atoms with E-state index in [9.17, 15) is 22.6 Å². The second-order valence-corrected chi connectivity index (χ2v) is 11.6. The van der Waals surface area contributed by atoms with Gasteiger partial charge in [0, 0.05) is 18.2 Å². The molecule has 34 heavy (non-hydrogen) atoms. The van der Waals surface area contributed by atoms with Gasteiger partial charge in [0.05, 0.1) is 0 Å². The molecular weight excluding hydrogens is 507 g/mol. The van der Waals surface area contributed by atoms with E-state index in [2.05, 4.69) is 18.8 Å². The van der Waals surface area contributed by atoms with Crippen LogP contribution in [0.25, 0.3) is 0 Å². The van der Waals surface area contributed by atoms with Gasteiger partial charge in [-0.05, 0) is 19.3 Å². The molecule has 1 aromatic carbocycles. The highest BCUT2D eigenvalue weighted by atomic mass is 35.5. The minimum absolute atomic E-state index is 0.0227. The largest absolute Gasteiger partial charge is 0.647 e. The standard InChI is InChI=1S/C21H28ClN2O8PS/c1-4-6-7-8-9-10-11-14(3)20(25)24(21(26)23-12-5-2)34(28,29)16-13-15-17(22)19-18(16)31-33(27,30-15)32-19/h13H,3-12H2,1-2H3,(H,23,26). The van der Waals surface area contributed by atoms with Crippen LogP contribution in [0.15, 0.2) is 23.1 Å². The molecule has 0 saturated carbocycles. The van der Waals surface area contributed by atoms with Crippen molar-refractivity contribution in [2.75, 3.05) is 6.54 Å². The number of nitrogens with zero attached hydrogens (tertiary/aromatic N) is 1. The van der Waals surface area contributed by atoms with E-state index >= 15 is 0 Å². The molecule has 3 amide bonds. The number of benzene rings is 1. The maximum Gasteiger partial charge on any atom is 0.647 e. The molecule has 1 unspecified atom stereocenters. The van der Waals surface area contributed by atoms with Crippen LogP contribution in [-0.2, 0) is 19.4 Å². The van der Waals surface area contributed by atoms with Gasteiger partial charge in [-0.3, -0.25) is 4.79 Å². The van der Waals surface area contributed by atoms with E-state index in [0.29, 0.717) is 12.8 Å². The van der Waals surface area contributed by atoms with Crippen LogP contribution >= 0.6 is 19.4 Å². The van der Waals surface area contributed by atoms with Gasteiger partial charge in [-0.25, -0.2) is 13.2 Å². The zero-order chi connectivity index (χ0) is 25.1. The number of hydrogen-bond acceptors (Lipinski definition) is 8. The summed E-state index contributed by atoms with van der Waals surface area (Å²) in [7, 11) is -8.95. The Labute approximate surface area is 204 Å². The lowest BCUT2D eigenvalue weighted by atomic mass is 10.1. The van der Waals surface area contributed by atoms with Gasteiger partial charge in [-0.2, -0.15) is 4.57 Å². The topological polar surface area (TPSA) is 128 Å². The lowest BCUT2D eigenvalue weighted by molar-refractivity contribution is -0.120. The summed E-state index contributed by atoms with van der Waals surface area (Å²) in [6.45, 7) is 7.75. The van der Waals surface area contributed by atoms with Crippen molar-refractivity contribution < 1.29 is 36.1 Å². The summed E-state index contributed by atoms with van der Waals surface area (Å²) in [5, 5.41) is 2.28. The Morgan fingerprint density at radius 3 is 2.38 bits per heavy atom. The van der Waals surface area contributed by atoms with Crippen LogP contribution in [-0.4, -0.2) is 31.2 Å². The zero-order valence-electron chi connectivity index (χ0n) is 19.1. The molecule has 1 N–H and O–H groups in total. The third-order valence-electron chi connectivity index (χ3n) is 5.27. The Morgan fingerprint density at radius 2 is 1.71 bits per heavy atom. The van der Waals surface area contributed by atoms with Crippen LogP contribution in [0.3, 0.4) is 0 Å². The molecule has 0 fully saturated rings. The molecule has 13 heteroatoms. The number of unbranched alkanes of at least 4 members (excludes halogenated alkanes) is 5. The molecular formula is C21H28ClN2O8PS. The highest BCUT2D eigenvalue weighted by Gasteiger charge is 2.52. The van der Waals surface area contributed by atoms with Gasteiger partial charge in [0.1, 0.15) is 9.92 Å². The quantitative estimate of drug-likeness (QED) is 0.210. The van der Waals surface area contributed by atoms with E-state index in [4.69, 9.17) is 25.2 Å². The molecule has 2 heterocycles. The van der Waals surface area contributed by atoms with Crippen molar-refractivity contribution in [1.29, 1.82) is 0 Å². The number of carbonyl (C=O) groups is 2. The average molecular weight is 535 g/mol.